The highest BCUT2D eigenvalue weighted by Crippen LogP contribution is 2.29. The van der Waals surface area contributed by atoms with Crippen molar-refractivity contribution in [3.8, 4) is 11.3 Å². The molecule has 0 saturated carbocycles. The zero-order chi connectivity index (χ0) is 24.6. The van der Waals surface area contributed by atoms with Gasteiger partial charge in [0.1, 0.15) is 0 Å². The van der Waals surface area contributed by atoms with E-state index in [9.17, 15) is 13.2 Å². The zero-order valence-corrected chi connectivity index (χ0v) is 21.1. The summed E-state index contributed by atoms with van der Waals surface area (Å²) >= 11 is 1.36. The van der Waals surface area contributed by atoms with Crippen LogP contribution in [0.2, 0.25) is 0 Å². The van der Waals surface area contributed by atoms with Crippen molar-refractivity contribution in [3.05, 3.63) is 99.9 Å². The van der Waals surface area contributed by atoms with Crippen molar-refractivity contribution < 1.29 is 13.2 Å². The second-order valence-corrected chi connectivity index (χ2v) is 11.5. The summed E-state index contributed by atoms with van der Waals surface area (Å²) in [5, 5.41) is 5.24. The third kappa shape index (κ3) is 4.77. The molecule has 0 radical (unpaired) electrons. The van der Waals surface area contributed by atoms with Crippen molar-refractivity contribution in [1.82, 2.24) is 9.29 Å². The molecule has 0 atom stereocenters. The number of amides is 1. The van der Waals surface area contributed by atoms with Crippen LogP contribution in [0.5, 0.6) is 0 Å². The molecule has 0 aliphatic carbocycles. The minimum atomic E-state index is -3.65. The van der Waals surface area contributed by atoms with Crippen LogP contribution < -0.4 is 5.32 Å². The second kappa shape index (κ2) is 9.37. The minimum absolute atomic E-state index is 0.180. The molecular formula is C27H25N3O3S2. The Morgan fingerprint density at radius 3 is 2.51 bits per heavy atom. The first kappa shape index (κ1) is 23.4. The van der Waals surface area contributed by atoms with Crippen LogP contribution in [0.1, 0.15) is 32.6 Å². The molecule has 1 aliphatic heterocycles. The molecule has 5 rings (SSSR count). The average Bonchev–Trinajstić information content (AvgIpc) is 3.33. The highest BCUT2D eigenvalue weighted by Gasteiger charge is 2.28. The highest BCUT2D eigenvalue weighted by molar-refractivity contribution is 7.89. The highest BCUT2D eigenvalue weighted by atomic mass is 32.2. The molecule has 0 bridgehead atoms. The SMILES string of the molecule is Cc1ccc(C)c(-c2csc(NC(=O)c3ccc(S(=O)(=O)N4CCc5ccccc5C4)cc3)n2)c1. The number of hydrogen-bond donors (Lipinski definition) is 1. The summed E-state index contributed by atoms with van der Waals surface area (Å²) in [6, 6.07) is 20.2. The van der Waals surface area contributed by atoms with Crippen LogP contribution in [0, 0.1) is 13.8 Å². The number of carbonyl (C=O) groups excluding carboxylic acids is 1. The molecule has 1 amide bonds. The normalized spacial score (nSPS) is 13.9. The molecule has 4 aromatic rings. The van der Waals surface area contributed by atoms with Gasteiger partial charge in [0.15, 0.2) is 5.13 Å². The fourth-order valence-electron chi connectivity index (χ4n) is 4.24. The lowest BCUT2D eigenvalue weighted by molar-refractivity contribution is 0.102. The Hall–Kier alpha value is -3.33. The molecule has 0 unspecified atom stereocenters. The maximum atomic E-state index is 13.2. The van der Waals surface area contributed by atoms with E-state index in [2.05, 4.69) is 28.5 Å². The van der Waals surface area contributed by atoms with E-state index in [0.29, 0.717) is 30.2 Å². The van der Waals surface area contributed by atoms with Gasteiger partial charge in [-0.25, -0.2) is 13.4 Å². The Morgan fingerprint density at radius 2 is 1.74 bits per heavy atom. The maximum absolute atomic E-state index is 13.2. The van der Waals surface area contributed by atoms with Gasteiger partial charge in [-0.05, 0) is 67.3 Å². The third-order valence-electron chi connectivity index (χ3n) is 6.24. The molecule has 2 heterocycles. The fraction of sp³-hybridized carbons (Fsp3) is 0.185. The van der Waals surface area contributed by atoms with Crippen LogP contribution in [0.15, 0.2) is 77.0 Å². The molecule has 1 aromatic heterocycles. The van der Waals surface area contributed by atoms with Crippen LogP contribution in [0.4, 0.5) is 5.13 Å². The lowest BCUT2D eigenvalue weighted by Gasteiger charge is -2.28. The van der Waals surface area contributed by atoms with Gasteiger partial charge in [0.25, 0.3) is 5.91 Å². The van der Waals surface area contributed by atoms with Crippen LogP contribution in [-0.2, 0) is 23.0 Å². The molecular weight excluding hydrogens is 478 g/mol. The van der Waals surface area contributed by atoms with Gasteiger partial charge in [-0.2, -0.15) is 4.31 Å². The number of rotatable bonds is 5. The predicted octanol–water partition coefficient (Wildman–Crippen LogP) is 5.43. The summed E-state index contributed by atoms with van der Waals surface area (Å²) in [5.41, 5.74) is 6.71. The van der Waals surface area contributed by atoms with Crippen molar-refractivity contribution >= 4 is 32.4 Å². The monoisotopic (exact) mass is 503 g/mol. The number of fused-ring (bicyclic) bond motifs is 1. The molecule has 1 aliphatic rings. The standard InChI is InChI=1S/C27H25N3O3S2/c1-18-7-8-19(2)24(15-18)25-17-34-27(28-25)29-26(31)21-9-11-23(12-10-21)35(32,33)30-14-13-20-5-3-4-6-22(20)16-30/h3-12,15,17H,13-14,16H2,1-2H3,(H,28,29,31). The van der Waals surface area contributed by atoms with E-state index >= 15 is 0 Å². The second-order valence-electron chi connectivity index (χ2n) is 8.69. The number of aryl methyl sites for hydroxylation is 2. The number of sulfonamides is 1. The number of hydrogen-bond acceptors (Lipinski definition) is 5. The molecule has 178 valence electrons. The van der Waals surface area contributed by atoms with Crippen molar-refractivity contribution in [2.75, 3.05) is 11.9 Å². The smallest absolute Gasteiger partial charge is 0.257 e. The lowest BCUT2D eigenvalue weighted by atomic mass is 10.0. The predicted molar refractivity (Wildman–Crippen MR) is 139 cm³/mol. The molecule has 8 heteroatoms. The van der Waals surface area contributed by atoms with Gasteiger partial charge in [0.05, 0.1) is 10.6 Å². The van der Waals surface area contributed by atoms with Gasteiger partial charge in [-0.15, -0.1) is 11.3 Å². The first-order valence-electron chi connectivity index (χ1n) is 11.3. The molecule has 6 nitrogen and oxygen atoms in total. The van der Waals surface area contributed by atoms with E-state index in [0.717, 1.165) is 27.9 Å². The molecule has 3 aromatic carbocycles. The van der Waals surface area contributed by atoms with E-state index in [1.807, 2.05) is 43.5 Å². The molecule has 35 heavy (non-hydrogen) atoms. The van der Waals surface area contributed by atoms with Gasteiger partial charge >= 0.3 is 0 Å². The van der Waals surface area contributed by atoms with E-state index in [-0.39, 0.29) is 10.8 Å². The summed E-state index contributed by atoms with van der Waals surface area (Å²) in [4.78, 5) is 17.5. The first-order chi connectivity index (χ1) is 16.8. The van der Waals surface area contributed by atoms with E-state index in [4.69, 9.17) is 0 Å². The summed E-state index contributed by atoms with van der Waals surface area (Å²) in [6.07, 6.45) is 0.688. The van der Waals surface area contributed by atoms with Crippen molar-refractivity contribution in [1.29, 1.82) is 0 Å². The fourth-order valence-corrected chi connectivity index (χ4v) is 6.36. The van der Waals surface area contributed by atoms with E-state index < -0.39 is 10.0 Å². The Labute approximate surface area is 209 Å². The third-order valence-corrected chi connectivity index (χ3v) is 8.86. The van der Waals surface area contributed by atoms with E-state index in [1.54, 1.807) is 12.1 Å². The zero-order valence-electron chi connectivity index (χ0n) is 19.5. The molecule has 0 saturated heterocycles. The number of aromatic nitrogens is 1. The maximum Gasteiger partial charge on any atom is 0.257 e. The quantitative estimate of drug-likeness (QED) is 0.394. The number of thiazole rings is 1. The van der Waals surface area contributed by atoms with Gasteiger partial charge in [-0.1, -0.05) is 42.0 Å². The average molecular weight is 504 g/mol. The number of nitrogens with one attached hydrogen (secondary N) is 1. The Balaban J connectivity index is 1.29. The summed E-state index contributed by atoms with van der Waals surface area (Å²) in [5.74, 6) is -0.331. The Kier molecular flexibility index (Phi) is 6.27. The summed E-state index contributed by atoms with van der Waals surface area (Å²) < 4.78 is 27.8. The minimum Gasteiger partial charge on any atom is -0.298 e. The van der Waals surface area contributed by atoms with Crippen LogP contribution in [-0.4, -0.2) is 30.2 Å². The van der Waals surface area contributed by atoms with E-state index in [1.165, 1.54) is 33.3 Å². The Morgan fingerprint density at radius 1 is 1.00 bits per heavy atom. The Bertz CT molecular complexity index is 1510. The number of anilines is 1. The number of nitrogens with zero attached hydrogens (tertiary/aromatic N) is 2. The molecule has 0 spiro atoms. The summed E-state index contributed by atoms with van der Waals surface area (Å²) in [7, 11) is -3.65. The lowest BCUT2D eigenvalue weighted by Crippen LogP contribution is -2.35. The molecule has 1 N–H and O–H groups in total. The van der Waals surface area contributed by atoms with Crippen molar-refractivity contribution in [3.63, 3.8) is 0 Å². The summed E-state index contributed by atoms with van der Waals surface area (Å²) in [6.45, 7) is 4.86. The number of carbonyl (C=O) groups is 1. The van der Waals surface area contributed by atoms with Gasteiger partial charge in [0, 0.05) is 29.6 Å². The number of benzene rings is 3. The van der Waals surface area contributed by atoms with Crippen molar-refractivity contribution in [2.24, 2.45) is 0 Å². The molecule has 0 fully saturated rings. The largest absolute Gasteiger partial charge is 0.298 e. The van der Waals surface area contributed by atoms with Crippen molar-refractivity contribution in [2.45, 2.75) is 31.7 Å². The van der Waals surface area contributed by atoms with Crippen LogP contribution in [0.25, 0.3) is 11.3 Å². The van der Waals surface area contributed by atoms with Gasteiger partial charge in [-0.3, -0.25) is 10.1 Å². The first-order valence-corrected chi connectivity index (χ1v) is 13.6. The van der Waals surface area contributed by atoms with Gasteiger partial charge < -0.3 is 0 Å². The van der Waals surface area contributed by atoms with Gasteiger partial charge in [0.2, 0.25) is 10.0 Å². The van der Waals surface area contributed by atoms with Crippen LogP contribution >= 0.6 is 11.3 Å². The topological polar surface area (TPSA) is 79.4 Å². The van der Waals surface area contributed by atoms with Crippen LogP contribution in [0.3, 0.4) is 0 Å².